The molecule has 100 valence electrons. The van der Waals surface area contributed by atoms with Crippen LogP contribution < -0.4 is 5.32 Å². The minimum atomic E-state index is 0.344. The zero-order valence-electron chi connectivity index (χ0n) is 11.4. The van der Waals surface area contributed by atoms with Crippen LogP contribution in [-0.2, 0) is 11.2 Å². The first-order valence-corrected chi connectivity index (χ1v) is 7.10. The molecule has 1 fully saturated rings. The summed E-state index contributed by atoms with van der Waals surface area (Å²) in [6.45, 7) is 6.01. The number of pyridine rings is 1. The predicted molar refractivity (Wildman–Crippen MR) is 73.5 cm³/mol. The number of rotatable bonds is 8. The number of hydrogen-bond donors (Lipinski definition) is 1. The maximum absolute atomic E-state index is 5.96. The molecule has 0 aromatic carbocycles. The van der Waals surface area contributed by atoms with Crippen molar-refractivity contribution < 1.29 is 4.74 Å². The molecule has 0 saturated heterocycles. The number of likely N-dealkylation sites (N-methyl/N-ethyl adjacent to an activating group) is 1. The van der Waals surface area contributed by atoms with Crippen molar-refractivity contribution in [1.82, 2.24) is 10.3 Å². The molecule has 1 aliphatic carbocycles. The van der Waals surface area contributed by atoms with Crippen LogP contribution in [0.15, 0.2) is 24.4 Å². The number of aromatic nitrogens is 1. The summed E-state index contributed by atoms with van der Waals surface area (Å²) in [7, 11) is 0. The van der Waals surface area contributed by atoms with Crippen molar-refractivity contribution in [3.05, 3.63) is 30.1 Å². The Morgan fingerprint density at radius 3 is 2.78 bits per heavy atom. The second-order valence-corrected chi connectivity index (χ2v) is 4.95. The highest BCUT2D eigenvalue weighted by Gasteiger charge is 2.37. The topological polar surface area (TPSA) is 34.2 Å². The maximum atomic E-state index is 5.96. The van der Waals surface area contributed by atoms with Crippen molar-refractivity contribution in [2.75, 3.05) is 13.2 Å². The summed E-state index contributed by atoms with van der Waals surface area (Å²) in [5.41, 5.74) is 1.15. The molecule has 0 aliphatic heterocycles. The molecule has 0 bridgehead atoms. The summed E-state index contributed by atoms with van der Waals surface area (Å²) in [6, 6.07) is 6.50. The Hall–Kier alpha value is -0.930. The van der Waals surface area contributed by atoms with Crippen molar-refractivity contribution in [3.8, 4) is 0 Å². The average molecular weight is 248 g/mol. The third-order valence-electron chi connectivity index (χ3n) is 3.46. The molecule has 1 aromatic rings. The van der Waals surface area contributed by atoms with Crippen molar-refractivity contribution in [2.45, 2.75) is 45.3 Å². The summed E-state index contributed by atoms with van der Waals surface area (Å²) in [5, 5.41) is 3.57. The van der Waals surface area contributed by atoms with E-state index in [9.17, 15) is 0 Å². The molecule has 3 heteroatoms. The van der Waals surface area contributed by atoms with Crippen molar-refractivity contribution >= 4 is 0 Å². The van der Waals surface area contributed by atoms with Gasteiger partial charge in [-0.25, -0.2) is 0 Å². The first-order chi connectivity index (χ1) is 8.85. The highest BCUT2D eigenvalue weighted by molar-refractivity contribution is 5.07. The molecule has 3 nitrogen and oxygen atoms in total. The molecular formula is C15H24N2O. The summed E-state index contributed by atoms with van der Waals surface area (Å²) >= 11 is 0. The highest BCUT2D eigenvalue weighted by Crippen LogP contribution is 2.36. The van der Waals surface area contributed by atoms with E-state index in [1.807, 2.05) is 12.3 Å². The average Bonchev–Trinajstić information content (AvgIpc) is 3.21. The van der Waals surface area contributed by atoms with Gasteiger partial charge in [0.2, 0.25) is 0 Å². The van der Waals surface area contributed by atoms with Gasteiger partial charge in [-0.05, 0) is 44.4 Å². The Morgan fingerprint density at radius 1 is 1.39 bits per heavy atom. The summed E-state index contributed by atoms with van der Waals surface area (Å²) in [4.78, 5) is 4.43. The second kappa shape index (κ2) is 6.86. The number of nitrogens with one attached hydrogen (secondary N) is 1. The minimum absolute atomic E-state index is 0.344. The highest BCUT2D eigenvalue weighted by atomic mass is 16.5. The zero-order chi connectivity index (χ0) is 12.8. The quantitative estimate of drug-likeness (QED) is 0.767. The van der Waals surface area contributed by atoms with E-state index in [1.54, 1.807) is 0 Å². The largest absolute Gasteiger partial charge is 0.377 e. The van der Waals surface area contributed by atoms with Crippen molar-refractivity contribution in [2.24, 2.45) is 5.92 Å². The molecule has 1 N–H and O–H groups in total. The van der Waals surface area contributed by atoms with E-state index < -0.39 is 0 Å². The van der Waals surface area contributed by atoms with Gasteiger partial charge in [-0.3, -0.25) is 4.98 Å². The van der Waals surface area contributed by atoms with Crippen LogP contribution in [0.25, 0.3) is 0 Å². The minimum Gasteiger partial charge on any atom is -0.377 e. The molecule has 0 radical (unpaired) electrons. The SMILES string of the molecule is CCNC(Cc1ccccn1)C(OCC)C1CC1. The Bertz CT molecular complexity index is 338. The van der Waals surface area contributed by atoms with Crippen LogP contribution in [-0.4, -0.2) is 30.3 Å². The monoisotopic (exact) mass is 248 g/mol. The molecule has 2 atom stereocenters. The molecule has 18 heavy (non-hydrogen) atoms. The maximum Gasteiger partial charge on any atom is 0.0759 e. The van der Waals surface area contributed by atoms with Gasteiger partial charge in [0.05, 0.1) is 6.10 Å². The molecule has 1 heterocycles. The van der Waals surface area contributed by atoms with Crippen LogP contribution in [0, 0.1) is 5.92 Å². The number of nitrogens with zero attached hydrogens (tertiary/aromatic N) is 1. The van der Waals surface area contributed by atoms with E-state index in [1.165, 1.54) is 12.8 Å². The molecular weight excluding hydrogens is 224 g/mol. The number of ether oxygens (including phenoxy) is 1. The third kappa shape index (κ3) is 3.79. The summed E-state index contributed by atoms with van der Waals surface area (Å²) < 4.78 is 5.96. The lowest BCUT2D eigenvalue weighted by molar-refractivity contribution is 0.0194. The van der Waals surface area contributed by atoms with Crippen LogP contribution in [0.3, 0.4) is 0 Å². The Labute approximate surface area is 110 Å². The summed E-state index contributed by atoms with van der Waals surface area (Å²) in [5.74, 6) is 0.748. The van der Waals surface area contributed by atoms with Gasteiger partial charge in [-0.15, -0.1) is 0 Å². The molecule has 2 rings (SSSR count). The van der Waals surface area contributed by atoms with Crippen LogP contribution in [0.4, 0.5) is 0 Å². The lowest BCUT2D eigenvalue weighted by Crippen LogP contribution is -2.44. The Morgan fingerprint density at radius 2 is 2.22 bits per heavy atom. The van der Waals surface area contributed by atoms with E-state index >= 15 is 0 Å². The first kappa shape index (κ1) is 13.5. The second-order valence-electron chi connectivity index (χ2n) is 4.95. The Kier molecular flexibility index (Phi) is 5.14. The van der Waals surface area contributed by atoms with Gasteiger partial charge in [0.1, 0.15) is 0 Å². The molecule has 0 spiro atoms. The smallest absolute Gasteiger partial charge is 0.0759 e. The van der Waals surface area contributed by atoms with E-state index in [0.29, 0.717) is 12.1 Å². The van der Waals surface area contributed by atoms with Crippen LogP contribution >= 0.6 is 0 Å². The predicted octanol–water partition coefficient (Wildman–Crippen LogP) is 2.42. The van der Waals surface area contributed by atoms with E-state index in [4.69, 9.17) is 4.74 Å². The molecule has 1 saturated carbocycles. The number of hydrogen-bond acceptors (Lipinski definition) is 3. The third-order valence-corrected chi connectivity index (χ3v) is 3.46. The fraction of sp³-hybridized carbons (Fsp3) is 0.667. The van der Waals surface area contributed by atoms with Gasteiger partial charge in [0.25, 0.3) is 0 Å². The first-order valence-electron chi connectivity index (χ1n) is 7.10. The molecule has 2 unspecified atom stereocenters. The van der Waals surface area contributed by atoms with Crippen LogP contribution in [0.2, 0.25) is 0 Å². The standard InChI is InChI=1S/C15H24N2O/c1-3-16-14(11-13-7-5-6-10-17-13)15(18-4-2)12-8-9-12/h5-7,10,12,14-16H,3-4,8-9,11H2,1-2H3. The van der Waals surface area contributed by atoms with Crippen LogP contribution in [0.5, 0.6) is 0 Å². The van der Waals surface area contributed by atoms with Crippen molar-refractivity contribution in [1.29, 1.82) is 0 Å². The molecule has 1 aromatic heterocycles. The fourth-order valence-corrected chi connectivity index (χ4v) is 2.51. The van der Waals surface area contributed by atoms with E-state index in [-0.39, 0.29) is 0 Å². The summed E-state index contributed by atoms with van der Waals surface area (Å²) in [6.07, 6.45) is 5.79. The molecule has 1 aliphatic rings. The van der Waals surface area contributed by atoms with Gasteiger partial charge in [-0.1, -0.05) is 13.0 Å². The van der Waals surface area contributed by atoms with Gasteiger partial charge < -0.3 is 10.1 Å². The fourth-order valence-electron chi connectivity index (χ4n) is 2.51. The van der Waals surface area contributed by atoms with E-state index in [0.717, 1.165) is 31.2 Å². The van der Waals surface area contributed by atoms with Crippen LogP contribution in [0.1, 0.15) is 32.4 Å². The lowest BCUT2D eigenvalue weighted by atomic mass is 10.0. The van der Waals surface area contributed by atoms with Gasteiger partial charge in [0, 0.05) is 31.0 Å². The van der Waals surface area contributed by atoms with E-state index in [2.05, 4.69) is 36.3 Å². The van der Waals surface area contributed by atoms with Crippen molar-refractivity contribution in [3.63, 3.8) is 0 Å². The van der Waals surface area contributed by atoms with Gasteiger partial charge >= 0.3 is 0 Å². The lowest BCUT2D eigenvalue weighted by Gasteiger charge is -2.27. The van der Waals surface area contributed by atoms with Gasteiger partial charge in [-0.2, -0.15) is 0 Å². The zero-order valence-corrected chi connectivity index (χ0v) is 11.4. The molecule has 0 amide bonds. The normalized spacial score (nSPS) is 18.6. The van der Waals surface area contributed by atoms with Gasteiger partial charge in [0.15, 0.2) is 0 Å². The Balaban J connectivity index is 2.01.